The summed E-state index contributed by atoms with van der Waals surface area (Å²) in [6.07, 6.45) is 0.479. The van der Waals surface area contributed by atoms with Gasteiger partial charge in [-0.15, -0.1) is 0 Å². The van der Waals surface area contributed by atoms with E-state index < -0.39 is 0 Å². The topological polar surface area (TPSA) is 66.5 Å². The van der Waals surface area contributed by atoms with Crippen molar-refractivity contribution >= 4 is 10.8 Å². The Balaban J connectivity index is 2.44. The molecule has 3 heteroatoms. The van der Waals surface area contributed by atoms with Crippen molar-refractivity contribution in [2.24, 2.45) is 5.73 Å². The van der Waals surface area contributed by atoms with E-state index in [0.717, 1.165) is 16.3 Å². The molecule has 16 heavy (non-hydrogen) atoms. The predicted octanol–water partition coefficient (Wildman–Crippen LogP) is 1.41. The number of phenols is 1. The fourth-order valence-electron chi connectivity index (χ4n) is 1.81. The second kappa shape index (κ2) is 4.51. The number of rotatable bonds is 3. The molecule has 2 aromatic carbocycles. The largest absolute Gasteiger partial charge is 0.507 e. The fraction of sp³-hybridized carbons (Fsp3) is 0.231. The van der Waals surface area contributed by atoms with Gasteiger partial charge in [-0.25, -0.2) is 0 Å². The summed E-state index contributed by atoms with van der Waals surface area (Å²) in [6.45, 7) is -0.0771. The van der Waals surface area contributed by atoms with Crippen LogP contribution < -0.4 is 5.73 Å². The normalized spacial score (nSPS) is 12.9. The highest BCUT2D eigenvalue weighted by Gasteiger charge is 2.09. The molecule has 0 aliphatic rings. The standard InChI is InChI=1S/C13H15NO2/c14-11(8-15)7-10-6-5-9-3-1-2-4-12(9)13(10)16/h1-6,11,15-16H,7-8,14H2. The lowest BCUT2D eigenvalue weighted by molar-refractivity contribution is 0.264. The van der Waals surface area contributed by atoms with Crippen molar-refractivity contribution in [1.29, 1.82) is 0 Å². The Labute approximate surface area is 94.1 Å². The molecule has 2 rings (SSSR count). The van der Waals surface area contributed by atoms with Crippen LogP contribution in [0.15, 0.2) is 36.4 Å². The molecule has 1 atom stereocenters. The molecule has 0 bridgehead atoms. The Morgan fingerprint density at radius 3 is 2.62 bits per heavy atom. The van der Waals surface area contributed by atoms with Crippen molar-refractivity contribution in [3.63, 3.8) is 0 Å². The van der Waals surface area contributed by atoms with Crippen LogP contribution in [0.2, 0.25) is 0 Å². The van der Waals surface area contributed by atoms with Gasteiger partial charge in [0, 0.05) is 11.4 Å². The first kappa shape index (κ1) is 10.9. The Kier molecular flexibility index (Phi) is 3.08. The summed E-state index contributed by atoms with van der Waals surface area (Å²) in [5.74, 6) is 0.266. The number of hydrogen-bond acceptors (Lipinski definition) is 3. The molecule has 1 unspecified atom stereocenters. The van der Waals surface area contributed by atoms with E-state index in [0.29, 0.717) is 6.42 Å². The minimum atomic E-state index is -0.327. The van der Waals surface area contributed by atoms with Gasteiger partial charge in [0.05, 0.1) is 6.61 Å². The van der Waals surface area contributed by atoms with Gasteiger partial charge in [-0.1, -0.05) is 36.4 Å². The molecule has 0 fully saturated rings. The number of aliphatic hydroxyl groups is 1. The molecule has 84 valence electrons. The summed E-state index contributed by atoms with van der Waals surface area (Å²) in [5, 5.41) is 20.8. The maximum absolute atomic E-state index is 10.1. The maximum Gasteiger partial charge on any atom is 0.126 e. The summed E-state index contributed by atoms with van der Waals surface area (Å²) in [7, 11) is 0. The van der Waals surface area contributed by atoms with E-state index in [9.17, 15) is 5.11 Å². The number of aliphatic hydroxyl groups excluding tert-OH is 1. The molecule has 0 radical (unpaired) electrons. The van der Waals surface area contributed by atoms with Crippen LogP contribution in [0.4, 0.5) is 0 Å². The Hall–Kier alpha value is -1.58. The predicted molar refractivity (Wildman–Crippen MR) is 64.4 cm³/mol. The average molecular weight is 217 g/mol. The summed E-state index contributed by atoms with van der Waals surface area (Å²) in [5.41, 5.74) is 6.43. The third-order valence-corrected chi connectivity index (χ3v) is 2.70. The van der Waals surface area contributed by atoms with Crippen LogP contribution in [0.25, 0.3) is 10.8 Å². The van der Waals surface area contributed by atoms with Crippen LogP contribution >= 0.6 is 0 Å². The molecule has 0 spiro atoms. The molecule has 0 aliphatic heterocycles. The van der Waals surface area contributed by atoms with Crippen molar-refractivity contribution < 1.29 is 10.2 Å². The lowest BCUT2D eigenvalue weighted by atomic mass is 10.0. The lowest BCUT2D eigenvalue weighted by Crippen LogP contribution is -2.26. The zero-order chi connectivity index (χ0) is 11.5. The number of hydrogen-bond donors (Lipinski definition) is 3. The highest BCUT2D eigenvalue weighted by Crippen LogP contribution is 2.29. The molecule has 0 saturated heterocycles. The van der Waals surface area contributed by atoms with Gasteiger partial charge in [0.1, 0.15) is 5.75 Å². The van der Waals surface area contributed by atoms with Crippen molar-refractivity contribution in [2.75, 3.05) is 6.61 Å². The first-order valence-electron chi connectivity index (χ1n) is 5.28. The van der Waals surface area contributed by atoms with Crippen LogP contribution in [-0.2, 0) is 6.42 Å². The van der Waals surface area contributed by atoms with Crippen LogP contribution in [0, 0.1) is 0 Å². The fourth-order valence-corrected chi connectivity index (χ4v) is 1.81. The zero-order valence-corrected chi connectivity index (χ0v) is 8.93. The monoisotopic (exact) mass is 217 g/mol. The molecule has 0 amide bonds. The first-order valence-corrected chi connectivity index (χ1v) is 5.28. The molecule has 0 saturated carbocycles. The third kappa shape index (κ3) is 2.01. The van der Waals surface area contributed by atoms with E-state index in [1.807, 2.05) is 36.4 Å². The van der Waals surface area contributed by atoms with E-state index in [4.69, 9.17) is 10.8 Å². The lowest BCUT2D eigenvalue weighted by Gasteiger charge is -2.11. The van der Waals surface area contributed by atoms with Gasteiger partial charge in [-0.05, 0) is 17.4 Å². The van der Waals surface area contributed by atoms with E-state index in [1.54, 1.807) is 0 Å². The maximum atomic E-state index is 10.1. The highest BCUT2D eigenvalue weighted by molar-refractivity contribution is 5.89. The molecule has 0 aliphatic carbocycles. The number of benzene rings is 2. The number of fused-ring (bicyclic) bond motifs is 1. The molecule has 2 aromatic rings. The van der Waals surface area contributed by atoms with Crippen LogP contribution in [0.3, 0.4) is 0 Å². The average Bonchev–Trinajstić information content (AvgIpc) is 2.33. The van der Waals surface area contributed by atoms with Gasteiger partial charge in [0.15, 0.2) is 0 Å². The molecule has 4 N–H and O–H groups in total. The van der Waals surface area contributed by atoms with Crippen LogP contribution in [0.1, 0.15) is 5.56 Å². The van der Waals surface area contributed by atoms with Crippen molar-refractivity contribution in [3.05, 3.63) is 42.0 Å². The van der Waals surface area contributed by atoms with Gasteiger partial charge in [-0.2, -0.15) is 0 Å². The Morgan fingerprint density at radius 1 is 1.12 bits per heavy atom. The quantitative estimate of drug-likeness (QED) is 0.728. The minimum Gasteiger partial charge on any atom is -0.507 e. The van der Waals surface area contributed by atoms with Crippen LogP contribution in [0.5, 0.6) is 5.75 Å². The first-order chi connectivity index (χ1) is 7.72. The Bertz CT molecular complexity index is 496. The smallest absolute Gasteiger partial charge is 0.126 e. The van der Waals surface area contributed by atoms with Gasteiger partial charge in [0.2, 0.25) is 0 Å². The van der Waals surface area contributed by atoms with E-state index >= 15 is 0 Å². The van der Waals surface area contributed by atoms with Gasteiger partial charge in [-0.3, -0.25) is 0 Å². The summed E-state index contributed by atoms with van der Waals surface area (Å²) < 4.78 is 0. The second-order valence-corrected chi connectivity index (χ2v) is 3.94. The number of aromatic hydroxyl groups is 1. The van der Waals surface area contributed by atoms with Crippen molar-refractivity contribution in [3.8, 4) is 5.75 Å². The Morgan fingerprint density at radius 2 is 1.88 bits per heavy atom. The molecule has 3 nitrogen and oxygen atoms in total. The van der Waals surface area contributed by atoms with Crippen molar-refractivity contribution in [1.82, 2.24) is 0 Å². The third-order valence-electron chi connectivity index (χ3n) is 2.70. The van der Waals surface area contributed by atoms with Gasteiger partial charge < -0.3 is 15.9 Å². The molecular weight excluding hydrogens is 202 g/mol. The molecule has 0 heterocycles. The number of nitrogens with two attached hydrogens (primary N) is 1. The molecule has 0 aromatic heterocycles. The number of phenolic OH excluding ortho intramolecular Hbond substituents is 1. The van der Waals surface area contributed by atoms with Gasteiger partial charge in [0.25, 0.3) is 0 Å². The van der Waals surface area contributed by atoms with Crippen molar-refractivity contribution in [2.45, 2.75) is 12.5 Å². The van der Waals surface area contributed by atoms with E-state index in [1.165, 1.54) is 0 Å². The summed E-state index contributed by atoms with van der Waals surface area (Å²) in [6, 6.07) is 11.1. The molecular formula is C13H15NO2. The highest BCUT2D eigenvalue weighted by atomic mass is 16.3. The SMILES string of the molecule is NC(CO)Cc1ccc2ccccc2c1O. The minimum absolute atomic E-state index is 0.0771. The van der Waals surface area contributed by atoms with Crippen LogP contribution in [-0.4, -0.2) is 22.9 Å². The summed E-state index contributed by atoms with van der Waals surface area (Å²) >= 11 is 0. The summed E-state index contributed by atoms with van der Waals surface area (Å²) in [4.78, 5) is 0. The van der Waals surface area contributed by atoms with E-state index in [-0.39, 0.29) is 18.4 Å². The zero-order valence-electron chi connectivity index (χ0n) is 8.93. The second-order valence-electron chi connectivity index (χ2n) is 3.94. The van der Waals surface area contributed by atoms with Gasteiger partial charge >= 0.3 is 0 Å². The van der Waals surface area contributed by atoms with E-state index in [2.05, 4.69) is 0 Å².